The number of benzene rings is 1. The molecule has 1 aromatic carbocycles. The summed E-state index contributed by atoms with van der Waals surface area (Å²) in [4.78, 5) is 12.3. The number of hydrogen-bond acceptors (Lipinski definition) is 4. The Kier molecular flexibility index (Phi) is 5.18. The summed E-state index contributed by atoms with van der Waals surface area (Å²) in [6.45, 7) is 11.4. The van der Waals surface area contributed by atoms with E-state index >= 15 is 0 Å². The van der Waals surface area contributed by atoms with Gasteiger partial charge in [-0.1, -0.05) is 43.4 Å². The zero-order valence-electron chi connectivity index (χ0n) is 14.4. The number of amides is 1. The highest BCUT2D eigenvalue weighted by atomic mass is 32.2. The highest BCUT2D eigenvalue weighted by Crippen LogP contribution is 2.33. The number of nitrogens with zero attached hydrogens (tertiary/aromatic N) is 1. The van der Waals surface area contributed by atoms with Crippen LogP contribution in [-0.4, -0.2) is 31.0 Å². The zero-order chi connectivity index (χ0) is 18.1. The highest BCUT2D eigenvalue weighted by Gasteiger charge is 2.48. The van der Waals surface area contributed by atoms with Crippen LogP contribution in [0.5, 0.6) is 0 Å². The van der Waals surface area contributed by atoms with E-state index in [0.717, 1.165) is 9.87 Å². The molecule has 24 heavy (non-hydrogen) atoms. The van der Waals surface area contributed by atoms with E-state index in [2.05, 4.69) is 6.58 Å². The summed E-state index contributed by atoms with van der Waals surface area (Å²) in [5.74, 6) is -0.0762. The monoisotopic (exact) mass is 349 g/mol. The fourth-order valence-electron chi connectivity index (χ4n) is 2.78. The van der Waals surface area contributed by atoms with Crippen molar-refractivity contribution >= 4 is 16.1 Å². The van der Waals surface area contributed by atoms with Crippen molar-refractivity contribution in [1.29, 1.82) is 0 Å². The lowest BCUT2D eigenvalue weighted by atomic mass is 9.93. The molecule has 2 rings (SSSR count). The molecule has 1 saturated heterocycles. The molecule has 1 amide bonds. The predicted molar refractivity (Wildman–Crippen MR) is 93.1 cm³/mol. The van der Waals surface area contributed by atoms with Gasteiger partial charge in [-0.05, 0) is 44.4 Å². The van der Waals surface area contributed by atoms with Crippen LogP contribution in [0, 0.1) is 12.8 Å². The number of rotatable bonds is 5. The Bertz CT molecular complexity index is 765. The molecule has 5 nitrogen and oxygen atoms in total. The first kappa shape index (κ1) is 18.3. The smallest absolute Gasteiger partial charge is 0.424 e. The lowest BCUT2D eigenvalue weighted by molar-refractivity contribution is 0.141. The van der Waals surface area contributed by atoms with Crippen molar-refractivity contribution in [3.63, 3.8) is 0 Å². The van der Waals surface area contributed by atoms with Crippen molar-refractivity contribution in [2.45, 2.75) is 44.7 Å². The summed E-state index contributed by atoms with van der Waals surface area (Å²) in [7, 11) is -4.01. The summed E-state index contributed by atoms with van der Waals surface area (Å²) in [5.41, 5.74) is 1.57. The number of aryl methyl sites for hydroxylation is 1. The molecule has 3 atom stereocenters. The molecule has 1 unspecified atom stereocenters. The molecule has 1 aliphatic heterocycles. The van der Waals surface area contributed by atoms with Gasteiger partial charge in [0.2, 0.25) is 0 Å². The maximum absolute atomic E-state index is 13.0. The van der Waals surface area contributed by atoms with Crippen LogP contribution in [0.4, 0.5) is 4.79 Å². The van der Waals surface area contributed by atoms with Gasteiger partial charge in [0.15, 0.2) is 0 Å². The van der Waals surface area contributed by atoms with Crippen molar-refractivity contribution in [3.8, 4) is 0 Å². The third-order valence-corrected chi connectivity index (χ3v) is 5.95. The number of cyclic esters (lactones) is 1. The van der Waals surface area contributed by atoms with E-state index in [1.807, 2.05) is 32.9 Å². The van der Waals surface area contributed by atoms with E-state index < -0.39 is 28.3 Å². The standard InChI is InChI=1S/C18H23NO4S/c1-6-7-13(3)14(4)17-15(5)23-18(20)19(17)24(21,22)16-10-8-12(2)9-11-16/h6-11,13,15,17H,4H2,1-3,5H3/b7-6+/t13?,15-,17-/m0/s1. The van der Waals surface area contributed by atoms with Gasteiger partial charge in [0, 0.05) is 0 Å². The molecule has 0 radical (unpaired) electrons. The largest absolute Gasteiger partial charge is 0.443 e. The van der Waals surface area contributed by atoms with Gasteiger partial charge >= 0.3 is 6.09 Å². The molecule has 0 N–H and O–H groups in total. The number of ether oxygens (including phenoxy) is 1. The Morgan fingerprint density at radius 3 is 2.46 bits per heavy atom. The minimum absolute atomic E-state index is 0.0654. The van der Waals surface area contributed by atoms with Gasteiger partial charge in [0.25, 0.3) is 10.0 Å². The summed E-state index contributed by atoms with van der Waals surface area (Å²) in [5, 5.41) is 0. The molecular formula is C18H23NO4S. The molecular weight excluding hydrogens is 326 g/mol. The second-order valence-electron chi connectivity index (χ2n) is 6.04. The molecule has 0 spiro atoms. The van der Waals surface area contributed by atoms with Gasteiger partial charge in [-0.3, -0.25) is 0 Å². The van der Waals surface area contributed by atoms with Crippen molar-refractivity contribution in [2.24, 2.45) is 5.92 Å². The Balaban J connectivity index is 2.46. The maximum Gasteiger partial charge on any atom is 0.424 e. The van der Waals surface area contributed by atoms with Crippen molar-refractivity contribution in [1.82, 2.24) is 4.31 Å². The fraction of sp³-hybridized carbons (Fsp3) is 0.389. The van der Waals surface area contributed by atoms with Crippen molar-refractivity contribution < 1.29 is 17.9 Å². The Morgan fingerprint density at radius 2 is 1.92 bits per heavy atom. The molecule has 0 aliphatic carbocycles. The van der Waals surface area contributed by atoms with Crippen LogP contribution in [0.25, 0.3) is 0 Å². The van der Waals surface area contributed by atoms with Crippen LogP contribution in [0.3, 0.4) is 0 Å². The van der Waals surface area contributed by atoms with Crippen molar-refractivity contribution in [2.75, 3.05) is 0 Å². The Morgan fingerprint density at radius 1 is 1.33 bits per heavy atom. The number of carbonyl (C=O) groups is 1. The minimum Gasteiger partial charge on any atom is -0.443 e. The molecule has 1 heterocycles. The Labute approximate surface area is 143 Å². The van der Waals surface area contributed by atoms with Gasteiger partial charge in [-0.25, -0.2) is 13.2 Å². The lowest BCUT2D eigenvalue weighted by Crippen LogP contribution is -2.42. The lowest BCUT2D eigenvalue weighted by Gasteiger charge is -2.27. The third kappa shape index (κ3) is 3.24. The summed E-state index contributed by atoms with van der Waals surface area (Å²) in [6, 6.07) is 5.66. The van der Waals surface area contributed by atoms with Gasteiger partial charge < -0.3 is 4.74 Å². The third-order valence-electron chi connectivity index (χ3n) is 4.19. The van der Waals surface area contributed by atoms with E-state index in [9.17, 15) is 13.2 Å². The highest BCUT2D eigenvalue weighted by molar-refractivity contribution is 7.89. The first-order chi connectivity index (χ1) is 11.2. The van der Waals surface area contributed by atoms with Crippen molar-refractivity contribution in [3.05, 3.63) is 54.1 Å². The first-order valence-electron chi connectivity index (χ1n) is 7.83. The summed E-state index contributed by atoms with van der Waals surface area (Å²) >= 11 is 0. The SMILES string of the molecule is C=C(C(C)/C=C/C)[C@H]1[C@H](C)OC(=O)N1S(=O)(=O)c1ccc(C)cc1. The van der Waals surface area contributed by atoms with E-state index in [0.29, 0.717) is 5.57 Å². The molecule has 130 valence electrons. The predicted octanol–water partition coefficient (Wildman–Crippen LogP) is 3.66. The van der Waals surface area contributed by atoms with Crippen LogP contribution in [0.1, 0.15) is 26.3 Å². The quantitative estimate of drug-likeness (QED) is 0.761. The number of carbonyl (C=O) groups excluding carboxylic acids is 1. The number of sulfonamides is 1. The van der Waals surface area contributed by atoms with E-state index in [4.69, 9.17) is 4.74 Å². The Hall–Kier alpha value is -2.08. The molecule has 1 aromatic rings. The summed E-state index contributed by atoms with van der Waals surface area (Å²) in [6.07, 6.45) is 2.34. The topological polar surface area (TPSA) is 63.7 Å². The van der Waals surface area contributed by atoms with Gasteiger partial charge in [-0.15, -0.1) is 0 Å². The van der Waals surface area contributed by atoms with Gasteiger partial charge in [-0.2, -0.15) is 4.31 Å². The maximum atomic E-state index is 13.0. The zero-order valence-corrected chi connectivity index (χ0v) is 15.2. The van der Waals surface area contributed by atoms with E-state index in [1.54, 1.807) is 19.1 Å². The van der Waals surface area contributed by atoms with E-state index in [1.165, 1.54) is 12.1 Å². The molecule has 6 heteroatoms. The normalized spacial score (nSPS) is 22.7. The van der Waals surface area contributed by atoms with Crippen LogP contribution in [-0.2, 0) is 14.8 Å². The van der Waals surface area contributed by atoms with Gasteiger partial charge in [0.05, 0.1) is 4.90 Å². The second-order valence-corrected chi connectivity index (χ2v) is 7.85. The first-order valence-corrected chi connectivity index (χ1v) is 9.27. The van der Waals surface area contributed by atoms with Crippen LogP contribution >= 0.6 is 0 Å². The second kappa shape index (κ2) is 6.81. The summed E-state index contributed by atoms with van der Waals surface area (Å²) < 4.78 is 31.9. The number of hydrogen-bond donors (Lipinski definition) is 0. The van der Waals surface area contributed by atoms with Crippen LogP contribution < -0.4 is 0 Å². The fourth-order valence-corrected chi connectivity index (χ4v) is 4.34. The molecule has 0 aromatic heterocycles. The molecule has 1 aliphatic rings. The van der Waals surface area contributed by atoms with E-state index in [-0.39, 0.29) is 10.8 Å². The van der Waals surface area contributed by atoms with Gasteiger partial charge in [0.1, 0.15) is 12.1 Å². The average molecular weight is 349 g/mol. The molecule has 1 fully saturated rings. The molecule has 0 bridgehead atoms. The average Bonchev–Trinajstić information content (AvgIpc) is 2.82. The van der Waals surface area contributed by atoms with Crippen LogP contribution in [0.15, 0.2) is 53.5 Å². The minimum atomic E-state index is -4.01. The van der Waals surface area contributed by atoms with Crippen LogP contribution in [0.2, 0.25) is 0 Å². The molecule has 0 saturated carbocycles. The number of allylic oxidation sites excluding steroid dienone is 2.